The van der Waals surface area contributed by atoms with E-state index in [4.69, 9.17) is 5.73 Å². The van der Waals surface area contributed by atoms with Gasteiger partial charge < -0.3 is 11.1 Å². The topological polar surface area (TPSA) is 55.1 Å². The summed E-state index contributed by atoms with van der Waals surface area (Å²) in [7, 11) is 0. The fourth-order valence-corrected chi connectivity index (χ4v) is 1.63. The molecule has 94 valence electrons. The zero-order valence-corrected chi connectivity index (χ0v) is 10.3. The third-order valence-electron chi connectivity index (χ3n) is 2.70. The van der Waals surface area contributed by atoms with Crippen LogP contribution in [0.25, 0.3) is 0 Å². The average Bonchev–Trinajstić information content (AvgIpc) is 2.26. The summed E-state index contributed by atoms with van der Waals surface area (Å²) in [5.41, 5.74) is 6.60. The molecule has 3 nitrogen and oxygen atoms in total. The second kappa shape index (κ2) is 6.35. The van der Waals surface area contributed by atoms with Gasteiger partial charge in [0.05, 0.1) is 0 Å². The van der Waals surface area contributed by atoms with E-state index in [0.717, 1.165) is 6.42 Å². The third-order valence-corrected chi connectivity index (χ3v) is 2.70. The van der Waals surface area contributed by atoms with Gasteiger partial charge in [0.15, 0.2) is 0 Å². The first kappa shape index (κ1) is 13.6. The van der Waals surface area contributed by atoms with Crippen molar-refractivity contribution in [3.63, 3.8) is 0 Å². The summed E-state index contributed by atoms with van der Waals surface area (Å²) in [6.07, 6.45) is 0.878. The number of carbonyl (C=O) groups is 1. The molecule has 0 aliphatic carbocycles. The van der Waals surface area contributed by atoms with Crippen molar-refractivity contribution in [1.82, 2.24) is 5.32 Å². The SMILES string of the molecule is Cc1cc(F)ccc1C(=O)NCC(C)CCN. The van der Waals surface area contributed by atoms with Crippen LogP contribution < -0.4 is 11.1 Å². The van der Waals surface area contributed by atoms with Gasteiger partial charge in [-0.05, 0) is 49.6 Å². The molecule has 1 aromatic carbocycles. The van der Waals surface area contributed by atoms with Gasteiger partial charge in [-0.3, -0.25) is 4.79 Å². The summed E-state index contributed by atoms with van der Waals surface area (Å²) < 4.78 is 12.9. The summed E-state index contributed by atoms with van der Waals surface area (Å²) in [5, 5.41) is 2.83. The van der Waals surface area contributed by atoms with Gasteiger partial charge in [0.25, 0.3) is 5.91 Å². The van der Waals surface area contributed by atoms with Crippen molar-refractivity contribution in [3.8, 4) is 0 Å². The fraction of sp³-hybridized carbons (Fsp3) is 0.462. The van der Waals surface area contributed by atoms with Crippen molar-refractivity contribution >= 4 is 5.91 Å². The van der Waals surface area contributed by atoms with Gasteiger partial charge in [-0.1, -0.05) is 6.92 Å². The summed E-state index contributed by atoms with van der Waals surface area (Å²) in [6.45, 7) is 4.96. The second-order valence-electron chi connectivity index (χ2n) is 4.35. The van der Waals surface area contributed by atoms with Gasteiger partial charge in [-0.15, -0.1) is 0 Å². The molecule has 0 saturated carbocycles. The zero-order chi connectivity index (χ0) is 12.8. The number of nitrogens with one attached hydrogen (secondary N) is 1. The molecule has 0 bridgehead atoms. The molecule has 1 atom stereocenters. The van der Waals surface area contributed by atoms with Crippen molar-refractivity contribution in [2.24, 2.45) is 11.7 Å². The molecule has 0 aromatic heterocycles. The maximum absolute atomic E-state index is 12.9. The number of benzene rings is 1. The van der Waals surface area contributed by atoms with Gasteiger partial charge in [-0.2, -0.15) is 0 Å². The van der Waals surface area contributed by atoms with Crippen LogP contribution in [0.5, 0.6) is 0 Å². The molecule has 0 radical (unpaired) electrons. The number of rotatable bonds is 5. The highest BCUT2D eigenvalue weighted by Crippen LogP contribution is 2.10. The quantitative estimate of drug-likeness (QED) is 0.822. The van der Waals surface area contributed by atoms with Crippen molar-refractivity contribution in [1.29, 1.82) is 0 Å². The molecule has 0 fully saturated rings. The molecular formula is C13H19FN2O. The van der Waals surface area contributed by atoms with Gasteiger partial charge in [0.1, 0.15) is 5.82 Å². The molecule has 4 heteroatoms. The molecule has 3 N–H and O–H groups in total. The molecule has 1 rings (SSSR count). The van der Waals surface area contributed by atoms with Crippen molar-refractivity contribution in [3.05, 3.63) is 35.1 Å². The minimum absolute atomic E-state index is 0.161. The van der Waals surface area contributed by atoms with Gasteiger partial charge in [-0.25, -0.2) is 4.39 Å². The number of hydrogen-bond donors (Lipinski definition) is 2. The standard InChI is InChI=1S/C13H19FN2O/c1-9(5-6-15)8-16-13(17)12-4-3-11(14)7-10(12)2/h3-4,7,9H,5-6,8,15H2,1-2H3,(H,16,17). The van der Waals surface area contributed by atoms with Crippen LogP contribution in [0.2, 0.25) is 0 Å². The Labute approximate surface area is 101 Å². The average molecular weight is 238 g/mol. The van der Waals surface area contributed by atoms with Crippen LogP contribution in [-0.4, -0.2) is 19.0 Å². The van der Waals surface area contributed by atoms with E-state index in [2.05, 4.69) is 5.32 Å². The lowest BCUT2D eigenvalue weighted by atomic mass is 10.1. The second-order valence-corrected chi connectivity index (χ2v) is 4.35. The van der Waals surface area contributed by atoms with Crippen LogP contribution in [0, 0.1) is 18.7 Å². The maximum atomic E-state index is 12.9. The number of hydrogen-bond acceptors (Lipinski definition) is 2. The Morgan fingerprint density at radius 1 is 1.53 bits per heavy atom. The highest BCUT2D eigenvalue weighted by atomic mass is 19.1. The van der Waals surface area contributed by atoms with E-state index in [0.29, 0.717) is 30.1 Å². The molecule has 0 aliphatic heterocycles. The first-order chi connectivity index (χ1) is 8.04. The van der Waals surface area contributed by atoms with Gasteiger partial charge in [0, 0.05) is 12.1 Å². The first-order valence-corrected chi connectivity index (χ1v) is 5.79. The number of carbonyl (C=O) groups excluding carboxylic acids is 1. The summed E-state index contributed by atoms with van der Waals surface area (Å²) in [5.74, 6) is -0.133. The van der Waals surface area contributed by atoms with Crippen LogP contribution in [0.4, 0.5) is 4.39 Å². The third kappa shape index (κ3) is 4.15. The van der Waals surface area contributed by atoms with E-state index < -0.39 is 0 Å². The Morgan fingerprint density at radius 3 is 2.82 bits per heavy atom. The highest BCUT2D eigenvalue weighted by Gasteiger charge is 2.10. The van der Waals surface area contributed by atoms with Crippen LogP contribution >= 0.6 is 0 Å². The Balaban J connectivity index is 2.58. The van der Waals surface area contributed by atoms with E-state index in [1.807, 2.05) is 6.92 Å². The lowest BCUT2D eigenvalue weighted by Gasteiger charge is -2.12. The molecule has 0 saturated heterocycles. The van der Waals surface area contributed by atoms with Crippen LogP contribution in [0.15, 0.2) is 18.2 Å². The van der Waals surface area contributed by atoms with E-state index >= 15 is 0 Å². The van der Waals surface area contributed by atoms with Crippen molar-refractivity contribution < 1.29 is 9.18 Å². The van der Waals surface area contributed by atoms with E-state index in [1.165, 1.54) is 18.2 Å². The molecule has 0 spiro atoms. The minimum atomic E-state index is -0.324. The summed E-state index contributed by atoms with van der Waals surface area (Å²) >= 11 is 0. The van der Waals surface area contributed by atoms with E-state index in [-0.39, 0.29) is 11.7 Å². The molecule has 1 aromatic rings. The molecule has 1 amide bonds. The summed E-state index contributed by atoms with van der Waals surface area (Å²) in [4.78, 5) is 11.8. The van der Waals surface area contributed by atoms with Crippen LogP contribution in [0.3, 0.4) is 0 Å². The van der Waals surface area contributed by atoms with Crippen LogP contribution in [0.1, 0.15) is 29.3 Å². The Hall–Kier alpha value is -1.42. The molecule has 1 unspecified atom stereocenters. The predicted molar refractivity (Wildman–Crippen MR) is 66.3 cm³/mol. The monoisotopic (exact) mass is 238 g/mol. The summed E-state index contributed by atoms with van der Waals surface area (Å²) in [6, 6.07) is 4.16. The molecular weight excluding hydrogens is 219 g/mol. The predicted octanol–water partition coefficient (Wildman–Crippen LogP) is 1.85. The number of amides is 1. The molecule has 0 heterocycles. The Morgan fingerprint density at radius 2 is 2.24 bits per heavy atom. The smallest absolute Gasteiger partial charge is 0.251 e. The van der Waals surface area contributed by atoms with Gasteiger partial charge >= 0.3 is 0 Å². The maximum Gasteiger partial charge on any atom is 0.251 e. The minimum Gasteiger partial charge on any atom is -0.352 e. The lowest BCUT2D eigenvalue weighted by molar-refractivity contribution is 0.0947. The normalized spacial score (nSPS) is 12.2. The van der Waals surface area contributed by atoms with Crippen molar-refractivity contribution in [2.75, 3.05) is 13.1 Å². The van der Waals surface area contributed by atoms with E-state index in [9.17, 15) is 9.18 Å². The van der Waals surface area contributed by atoms with Crippen LogP contribution in [-0.2, 0) is 0 Å². The molecule has 17 heavy (non-hydrogen) atoms. The highest BCUT2D eigenvalue weighted by molar-refractivity contribution is 5.95. The number of nitrogens with two attached hydrogens (primary N) is 1. The van der Waals surface area contributed by atoms with Crippen molar-refractivity contribution in [2.45, 2.75) is 20.3 Å². The molecule has 0 aliphatic rings. The Kier molecular flexibility index (Phi) is 5.10. The largest absolute Gasteiger partial charge is 0.352 e. The fourth-order valence-electron chi connectivity index (χ4n) is 1.63. The van der Waals surface area contributed by atoms with Gasteiger partial charge in [0.2, 0.25) is 0 Å². The zero-order valence-electron chi connectivity index (χ0n) is 10.3. The number of aryl methyl sites for hydroxylation is 1. The van der Waals surface area contributed by atoms with E-state index in [1.54, 1.807) is 6.92 Å². The first-order valence-electron chi connectivity index (χ1n) is 5.79. The lowest BCUT2D eigenvalue weighted by Crippen LogP contribution is -2.29. The Bertz CT molecular complexity index is 393. The number of halogens is 1.